The van der Waals surface area contributed by atoms with Gasteiger partial charge in [0.15, 0.2) is 0 Å². The van der Waals surface area contributed by atoms with Crippen LogP contribution in [0.2, 0.25) is 0 Å². The van der Waals surface area contributed by atoms with Crippen LogP contribution in [0.4, 0.5) is 0 Å². The Morgan fingerprint density at radius 1 is 0.947 bits per heavy atom. The summed E-state index contributed by atoms with van der Waals surface area (Å²) in [5.41, 5.74) is 3.69. The van der Waals surface area contributed by atoms with Crippen molar-refractivity contribution in [3.05, 3.63) is 70.8 Å². The molecule has 0 bridgehead atoms. The van der Waals surface area contributed by atoms with Gasteiger partial charge in [0.1, 0.15) is 11.8 Å². The smallest absolute Gasteiger partial charge is 0.125 e. The summed E-state index contributed by atoms with van der Waals surface area (Å²) in [6.45, 7) is 3.84. The van der Waals surface area contributed by atoms with Gasteiger partial charge >= 0.3 is 0 Å². The summed E-state index contributed by atoms with van der Waals surface area (Å²) in [7, 11) is 0. The molecule has 0 aliphatic heterocycles. The third-order valence-corrected chi connectivity index (χ3v) is 3.27. The molecule has 2 rings (SSSR count). The van der Waals surface area contributed by atoms with Gasteiger partial charge in [-0.3, -0.25) is 0 Å². The molecule has 0 radical (unpaired) electrons. The third-order valence-electron chi connectivity index (χ3n) is 3.27. The minimum Gasteiger partial charge on any atom is -0.411 e. The first-order valence-electron chi connectivity index (χ1n) is 6.16. The van der Waals surface area contributed by atoms with Gasteiger partial charge in [-0.2, -0.15) is 0 Å². The van der Waals surface area contributed by atoms with Gasteiger partial charge in [-0.15, -0.1) is 0 Å². The monoisotopic (exact) mass is 255 g/mol. The Balaban J connectivity index is 2.45. The zero-order valence-electron chi connectivity index (χ0n) is 11.0. The van der Waals surface area contributed by atoms with Crippen molar-refractivity contribution in [2.24, 2.45) is 5.16 Å². The molecule has 0 amide bonds. The maximum atomic E-state index is 10.4. The number of hydrogen-bond donors (Lipinski definition) is 2. The summed E-state index contributed by atoms with van der Waals surface area (Å²) >= 11 is 0. The van der Waals surface area contributed by atoms with Crippen LogP contribution in [0.1, 0.15) is 28.4 Å². The molecule has 0 spiro atoms. The van der Waals surface area contributed by atoms with E-state index in [1.807, 2.05) is 62.4 Å². The largest absolute Gasteiger partial charge is 0.411 e. The molecule has 0 heterocycles. The van der Waals surface area contributed by atoms with Crippen LogP contribution in [-0.4, -0.2) is 16.0 Å². The summed E-state index contributed by atoms with van der Waals surface area (Å²) in [6, 6.07) is 15.1. The number of rotatable bonds is 3. The van der Waals surface area contributed by atoms with E-state index in [2.05, 4.69) is 5.16 Å². The number of benzene rings is 2. The topological polar surface area (TPSA) is 52.8 Å². The van der Waals surface area contributed by atoms with Crippen molar-refractivity contribution < 1.29 is 10.3 Å². The van der Waals surface area contributed by atoms with E-state index in [1.54, 1.807) is 0 Å². The van der Waals surface area contributed by atoms with Gasteiger partial charge in [0, 0.05) is 5.56 Å². The molecule has 2 N–H and O–H groups in total. The summed E-state index contributed by atoms with van der Waals surface area (Å²) in [6.07, 6.45) is -0.938. The van der Waals surface area contributed by atoms with Crippen molar-refractivity contribution in [2.75, 3.05) is 0 Å². The zero-order chi connectivity index (χ0) is 13.8. The molecule has 0 saturated heterocycles. The Labute approximate surface area is 112 Å². The highest BCUT2D eigenvalue weighted by Crippen LogP contribution is 2.23. The van der Waals surface area contributed by atoms with Gasteiger partial charge < -0.3 is 10.3 Å². The van der Waals surface area contributed by atoms with Gasteiger partial charge in [0.25, 0.3) is 0 Å². The van der Waals surface area contributed by atoms with Crippen molar-refractivity contribution in [1.82, 2.24) is 0 Å². The average Bonchev–Trinajstić information content (AvgIpc) is 2.42. The second-order valence-electron chi connectivity index (χ2n) is 4.56. The van der Waals surface area contributed by atoms with E-state index < -0.39 is 6.10 Å². The number of hydrogen-bond acceptors (Lipinski definition) is 3. The van der Waals surface area contributed by atoms with Crippen LogP contribution in [0.3, 0.4) is 0 Å². The SMILES string of the molecule is Cc1ccccc1C(=NO)C(O)c1ccccc1C. The highest BCUT2D eigenvalue weighted by molar-refractivity contribution is 6.04. The van der Waals surface area contributed by atoms with Crippen molar-refractivity contribution in [3.8, 4) is 0 Å². The number of aliphatic hydroxyl groups is 1. The standard InChI is InChI=1S/C16H17NO2/c1-11-7-3-5-9-13(11)15(17-19)16(18)14-10-6-4-8-12(14)2/h3-10,16,18-19H,1-2H3. The molecule has 1 atom stereocenters. The Morgan fingerprint density at radius 2 is 1.53 bits per heavy atom. The first-order valence-corrected chi connectivity index (χ1v) is 6.16. The first kappa shape index (κ1) is 13.3. The van der Waals surface area contributed by atoms with E-state index in [4.69, 9.17) is 0 Å². The maximum absolute atomic E-state index is 10.4. The quantitative estimate of drug-likeness (QED) is 0.502. The predicted octanol–water partition coefficient (Wildman–Crippen LogP) is 3.22. The van der Waals surface area contributed by atoms with Crippen molar-refractivity contribution in [3.63, 3.8) is 0 Å². The predicted molar refractivity (Wildman–Crippen MR) is 75.6 cm³/mol. The average molecular weight is 255 g/mol. The van der Waals surface area contributed by atoms with E-state index in [0.717, 1.165) is 22.3 Å². The van der Waals surface area contributed by atoms with E-state index in [0.29, 0.717) is 0 Å². The normalized spacial score (nSPS) is 13.3. The van der Waals surface area contributed by atoms with Gasteiger partial charge in [0.2, 0.25) is 0 Å². The Morgan fingerprint density at radius 3 is 2.11 bits per heavy atom. The van der Waals surface area contributed by atoms with Gasteiger partial charge in [0.05, 0.1) is 0 Å². The zero-order valence-corrected chi connectivity index (χ0v) is 11.0. The number of oxime groups is 1. The lowest BCUT2D eigenvalue weighted by Crippen LogP contribution is -2.16. The van der Waals surface area contributed by atoms with Crippen LogP contribution in [0.5, 0.6) is 0 Å². The maximum Gasteiger partial charge on any atom is 0.125 e. The molecule has 0 aliphatic carbocycles. The summed E-state index contributed by atoms with van der Waals surface area (Å²) < 4.78 is 0. The molecule has 3 heteroatoms. The minimum atomic E-state index is -0.938. The third kappa shape index (κ3) is 2.66. The highest BCUT2D eigenvalue weighted by Gasteiger charge is 2.20. The van der Waals surface area contributed by atoms with Crippen LogP contribution in [0.25, 0.3) is 0 Å². The first-order chi connectivity index (χ1) is 9.15. The summed E-state index contributed by atoms with van der Waals surface area (Å²) in [5.74, 6) is 0. The fourth-order valence-corrected chi connectivity index (χ4v) is 2.16. The molecule has 2 aromatic rings. The fourth-order valence-electron chi connectivity index (χ4n) is 2.16. The molecule has 0 aliphatic rings. The van der Waals surface area contributed by atoms with Crippen LogP contribution in [0, 0.1) is 13.8 Å². The molecule has 0 saturated carbocycles. The molecule has 3 nitrogen and oxygen atoms in total. The molecule has 98 valence electrons. The van der Waals surface area contributed by atoms with Crippen molar-refractivity contribution >= 4 is 5.71 Å². The van der Waals surface area contributed by atoms with E-state index in [-0.39, 0.29) is 5.71 Å². The lowest BCUT2D eigenvalue weighted by molar-refractivity contribution is 0.235. The van der Waals surface area contributed by atoms with E-state index >= 15 is 0 Å². The lowest BCUT2D eigenvalue weighted by atomic mass is 9.94. The van der Waals surface area contributed by atoms with E-state index in [9.17, 15) is 10.3 Å². The lowest BCUT2D eigenvalue weighted by Gasteiger charge is -2.16. The van der Waals surface area contributed by atoms with Crippen LogP contribution in [0.15, 0.2) is 53.7 Å². The number of nitrogens with zero attached hydrogens (tertiary/aromatic N) is 1. The van der Waals surface area contributed by atoms with Crippen molar-refractivity contribution in [1.29, 1.82) is 0 Å². The van der Waals surface area contributed by atoms with Gasteiger partial charge in [-0.05, 0) is 30.5 Å². The molecule has 0 aromatic heterocycles. The van der Waals surface area contributed by atoms with E-state index in [1.165, 1.54) is 0 Å². The second-order valence-corrected chi connectivity index (χ2v) is 4.56. The van der Waals surface area contributed by atoms with Crippen LogP contribution < -0.4 is 0 Å². The molecular formula is C16H17NO2. The minimum absolute atomic E-state index is 0.271. The van der Waals surface area contributed by atoms with Gasteiger partial charge in [-0.25, -0.2) is 0 Å². The molecular weight excluding hydrogens is 238 g/mol. The second kappa shape index (κ2) is 5.67. The van der Waals surface area contributed by atoms with Crippen molar-refractivity contribution in [2.45, 2.75) is 20.0 Å². The van der Waals surface area contributed by atoms with Gasteiger partial charge in [-0.1, -0.05) is 53.7 Å². The van der Waals surface area contributed by atoms with Crippen LogP contribution >= 0.6 is 0 Å². The highest BCUT2D eigenvalue weighted by atomic mass is 16.4. The van der Waals surface area contributed by atoms with Crippen LogP contribution in [-0.2, 0) is 0 Å². The summed E-state index contributed by atoms with van der Waals surface area (Å²) in [4.78, 5) is 0. The fraction of sp³-hybridized carbons (Fsp3) is 0.188. The Hall–Kier alpha value is -2.13. The number of aliphatic hydroxyl groups excluding tert-OH is 1. The molecule has 1 unspecified atom stereocenters. The Kier molecular flexibility index (Phi) is 3.97. The molecule has 2 aromatic carbocycles. The number of aryl methyl sites for hydroxylation is 2. The summed E-state index contributed by atoms with van der Waals surface area (Å²) in [5, 5.41) is 23.0. The Bertz CT molecular complexity index is 605. The molecule has 19 heavy (non-hydrogen) atoms. The molecule has 0 fully saturated rings.